The lowest BCUT2D eigenvalue weighted by Crippen LogP contribution is -2.12. The van der Waals surface area contributed by atoms with E-state index in [2.05, 4.69) is 126 Å². The first-order valence-corrected chi connectivity index (χ1v) is 12.2. The van der Waals surface area contributed by atoms with E-state index in [1.807, 2.05) is 0 Å². The summed E-state index contributed by atoms with van der Waals surface area (Å²) in [7, 11) is 0. The molecule has 0 N–H and O–H groups in total. The zero-order valence-corrected chi connectivity index (χ0v) is 21.2. The molecule has 0 atom stereocenters. The fourth-order valence-corrected chi connectivity index (χ4v) is 4.33. The molecule has 0 radical (unpaired) electrons. The van der Waals surface area contributed by atoms with Crippen molar-refractivity contribution in [3.8, 4) is 0 Å². The van der Waals surface area contributed by atoms with Gasteiger partial charge in [0.05, 0.1) is 0 Å². The van der Waals surface area contributed by atoms with Crippen molar-refractivity contribution in [2.75, 3.05) is 4.90 Å². The highest BCUT2D eigenvalue weighted by Gasteiger charge is 2.15. The van der Waals surface area contributed by atoms with Gasteiger partial charge in [0.2, 0.25) is 0 Å². The number of hydrogen-bond acceptors (Lipinski definition) is 1. The van der Waals surface area contributed by atoms with E-state index in [1.165, 1.54) is 33.8 Å². The summed E-state index contributed by atoms with van der Waals surface area (Å²) < 4.78 is 0. The number of rotatable bonds is 8. The molecule has 3 aromatic carbocycles. The first-order valence-electron chi connectivity index (χ1n) is 12.2. The Balaban J connectivity index is 1.96. The van der Waals surface area contributed by atoms with Crippen LogP contribution in [0.25, 0.3) is 0 Å². The van der Waals surface area contributed by atoms with Crippen molar-refractivity contribution >= 4 is 17.1 Å². The number of anilines is 3. The van der Waals surface area contributed by atoms with Gasteiger partial charge in [-0.05, 0) is 89.6 Å². The van der Waals surface area contributed by atoms with Gasteiger partial charge in [-0.2, -0.15) is 0 Å². The zero-order chi connectivity index (χ0) is 23.3. The van der Waals surface area contributed by atoms with Crippen molar-refractivity contribution in [3.63, 3.8) is 0 Å². The van der Waals surface area contributed by atoms with Gasteiger partial charge in [-0.15, -0.1) is 0 Å². The highest BCUT2D eigenvalue weighted by molar-refractivity contribution is 5.76. The molecule has 0 aromatic heterocycles. The Morgan fingerprint density at radius 3 is 1.12 bits per heavy atom. The van der Waals surface area contributed by atoms with E-state index in [-0.39, 0.29) is 0 Å². The minimum Gasteiger partial charge on any atom is -0.311 e. The van der Waals surface area contributed by atoms with E-state index in [4.69, 9.17) is 0 Å². The molecular weight excluding hydrogens is 386 g/mol. The standard InChI is InChI=1S/C31H41N/c1-23(2)20-25-8-14-28(15-9-25)32(29-16-10-26(11-17-29)21-24(3)4)30-18-12-27(13-19-30)22-31(5,6)7/h8-19,23-24H,20-22H2,1-7H3. The van der Waals surface area contributed by atoms with Crippen molar-refractivity contribution in [2.24, 2.45) is 17.3 Å². The maximum atomic E-state index is 2.37. The maximum Gasteiger partial charge on any atom is 0.0461 e. The Morgan fingerprint density at radius 1 is 0.531 bits per heavy atom. The maximum absolute atomic E-state index is 2.37. The van der Waals surface area contributed by atoms with Crippen molar-refractivity contribution < 1.29 is 0 Å². The van der Waals surface area contributed by atoms with Gasteiger partial charge in [-0.1, -0.05) is 84.9 Å². The smallest absolute Gasteiger partial charge is 0.0461 e. The molecule has 0 spiro atoms. The lowest BCUT2D eigenvalue weighted by Gasteiger charge is -2.27. The second-order valence-corrected chi connectivity index (χ2v) is 11.3. The van der Waals surface area contributed by atoms with Crippen molar-refractivity contribution in [2.45, 2.75) is 67.7 Å². The summed E-state index contributed by atoms with van der Waals surface area (Å²) in [4.78, 5) is 2.37. The highest BCUT2D eigenvalue weighted by atomic mass is 15.1. The normalized spacial score (nSPS) is 11.9. The van der Waals surface area contributed by atoms with Gasteiger partial charge in [-0.25, -0.2) is 0 Å². The SMILES string of the molecule is CC(C)Cc1ccc(N(c2ccc(CC(C)C)cc2)c2ccc(CC(C)(C)C)cc2)cc1. The molecule has 3 rings (SSSR count). The Morgan fingerprint density at radius 2 is 0.844 bits per heavy atom. The molecule has 1 heteroatoms. The number of benzene rings is 3. The fourth-order valence-electron chi connectivity index (χ4n) is 4.33. The number of nitrogens with zero attached hydrogens (tertiary/aromatic N) is 1. The lowest BCUT2D eigenvalue weighted by atomic mass is 9.88. The van der Waals surface area contributed by atoms with Crippen LogP contribution >= 0.6 is 0 Å². The average molecular weight is 428 g/mol. The van der Waals surface area contributed by atoms with Crippen LogP contribution in [0.15, 0.2) is 72.8 Å². The first kappa shape index (κ1) is 24.1. The molecule has 0 fully saturated rings. The van der Waals surface area contributed by atoms with Crippen LogP contribution in [0.1, 0.15) is 65.2 Å². The van der Waals surface area contributed by atoms with Crippen LogP contribution in [0.4, 0.5) is 17.1 Å². The third-order valence-corrected chi connectivity index (χ3v) is 5.61. The van der Waals surface area contributed by atoms with Crippen LogP contribution in [-0.2, 0) is 19.3 Å². The van der Waals surface area contributed by atoms with Crippen molar-refractivity contribution in [1.82, 2.24) is 0 Å². The topological polar surface area (TPSA) is 3.24 Å². The van der Waals surface area contributed by atoms with Gasteiger partial charge in [0.15, 0.2) is 0 Å². The Hall–Kier alpha value is -2.54. The molecule has 170 valence electrons. The fraction of sp³-hybridized carbons (Fsp3) is 0.419. The van der Waals surface area contributed by atoms with Crippen LogP contribution in [0.2, 0.25) is 0 Å². The Bertz CT molecular complexity index is 901. The van der Waals surface area contributed by atoms with E-state index in [0.29, 0.717) is 17.3 Å². The third kappa shape index (κ3) is 6.99. The molecule has 0 heterocycles. The van der Waals surface area contributed by atoms with Gasteiger partial charge < -0.3 is 4.90 Å². The van der Waals surface area contributed by atoms with Gasteiger partial charge in [0.25, 0.3) is 0 Å². The molecule has 0 saturated heterocycles. The second-order valence-electron chi connectivity index (χ2n) is 11.3. The van der Waals surface area contributed by atoms with Crippen LogP contribution in [0, 0.1) is 17.3 Å². The molecule has 0 unspecified atom stereocenters. The summed E-state index contributed by atoms with van der Waals surface area (Å²) in [6.07, 6.45) is 3.32. The summed E-state index contributed by atoms with van der Waals surface area (Å²) in [5, 5.41) is 0. The molecule has 0 aliphatic rings. The minimum absolute atomic E-state index is 0.291. The molecule has 0 aliphatic carbocycles. The molecule has 0 saturated carbocycles. The molecule has 3 aromatic rings. The molecule has 0 amide bonds. The van der Waals surface area contributed by atoms with Crippen LogP contribution < -0.4 is 4.90 Å². The van der Waals surface area contributed by atoms with Gasteiger partial charge in [0, 0.05) is 17.1 Å². The van der Waals surface area contributed by atoms with Crippen LogP contribution in [0.5, 0.6) is 0 Å². The van der Waals surface area contributed by atoms with E-state index >= 15 is 0 Å². The molecule has 0 bridgehead atoms. The summed E-state index contributed by atoms with van der Waals surface area (Å²) in [5.74, 6) is 1.33. The predicted molar refractivity (Wildman–Crippen MR) is 141 cm³/mol. The van der Waals surface area contributed by atoms with E-state index in [1.54, 1.807) is 0 Å². The Labute approximate surface area is 196 Å². The third-order valence-electron chi connectivity index (χ3n) is 5.61. The summed E-state index contributed by atoms with van der Waals surface area (Å²) in [6.45, 7) is 16.0. The predicted octanol–water partition coefficient (Wildman–Crippen LogP) is 9.14. The monoisotopic (exact) mass is 427 g/mol. The van der Waals surface area contributed by atoms with Gasteiger partial charge in [-0.3, -0.25) is 0 Å². The molecule has 1 nitrogen and oxygen atoms in total. The minimum atomic E-state index is 0.291. The molecule has 0 aliphatic heterocycles. The van der Waals surface area contributed by atoms with Crippen LogP contribution in [0.3, 0.4) is 0 Å². The highest BCUT2D eigenvalue weighted by Crippen LogP contribution is 2.35. The van der Waals surface area contributed by atoms with Crippen LogP contribution in [-0.4, -0.2) is 0 Å². The number of hydrogen-bond donors (Lipinski definition) is 0. The van der Waals surface area contributed by atoms with E-state index in [9.17, 15) is 0 Å². The second kappa shape index (κ2) is 10.4. The van der Waals surface area contributed by atoms with Crippen molar-refractivity contribution in [3.05, 3.63) is 89.5 Å². The molecule has 32 heavy (non-hydrogen) atoms. The quantitative estimate of drug-likeness (QED) is 0.346. The lowest BCUT2D eigenvalue weighted by molar-refractivity contribution is 0.411. The zero-order valence-electron chi connectivity index (χ0n) is 21.2. The van der Waals surface area contributed by atoms with Gasteiger partial charge >= 0.3 is 0 Å². The molecular formula is C31H41N. The largest absolute Gasteiger partial charge is 0.311 e. The summed E-state index contributed by atoms with van der Waals surface area (Å²) in [6, 6.07) is 27.3. The van der Waals surface area contributed by atoms with Crippen molar-refractivity contribution in [1.29, 1.82) is 0 Å². The van der Waals surface area contributed by atoms with Gasteiger partial charge in [0.1, 0.15) is 0 Å². The average Bonchev–Trinajstić information content (AvgIpc) is 2.70. The van der Waals surface area contributed by atoms with E-state index in [0.717, 1.165) is 19.3 Å². The Kier molecular flexibility index (Phi) is 7.82. The first-order chi connectivity index (χ1) is 15.1. The van der Waals surface area contributed by atoms with E-state index < -0.39 is 0 Å². The summed E-state index contributed by atoms with van der Waals surface area (Å²) in [5.41, 5.74) is 8.10. The summed E-state index contributed by atoms with van der Waals surface area (Å²) >= 11 is 0.